The van der Waals surface area contributed by atoms with Crippen LogP contribution in [0, 0.1) is 5.92 Å². The van der Waals surface area contributed by atoms with Crippen LogP contribution in [-0.2, 0) is 6.54 Å². The van der Waals surface area contributed by atoms with Crippen molar-refractivity contribution < 1.29 is 18.0 Å². The number of hydrogen-bond donors (Lipinski definition) is 0. The molecular weight excluding hydrogens is 305 g/mol. The van der Waals surface area contributed by atoms with Gasteiger partial charge in [0, 0.05) is 25.1 Å². The highest BCUT2D eigenvalue weighted by atomic mass is 19.4. The molecule has 0 aliphatic carbocycles. The number of fused-ring (bicyclic) bond motifs is 1. The van der Waals surface area contributed by atoms with Crippen molar-refractivity contribution in [1.29, 1.82) is 0 Å². The number of hydrogen-bond acceptors (Lipinski definition) is 2. The molecule has 2 heterocycles. The van der Waals surface area contributed by atoms with Crippen LogP contribution in [-0.4, -0.2) is 34.6 Å². The molecule has 1 aliphatic rings. The van der Waals surface area contributed by atoms with Gasteiger partial charge in [-0.2, -0.15) is 13.2 Å². The maximum Gasteiger partial charge on any atom is 0.391 e. The molecule has 2 aromatic rings. The number of rotatable bonds is 2. The van der Waals surface area contributed by atoms with Crippen molar-refractivity contribution in [3.05, 3.63) is 36.0 Å². The summed E-state index contributed by atoms with van der Waals surface area (Å²) in [5, 5.41) is 0.987. The van der Waals surface area contributed by atoms with Gasteiger partial charge in [0.15, 0.2) is 0 Å². The summed E-state index contributed by atoms with van der Waals surface area (Å²) < 4.78 is 39.8. The summed E-state index contributed by atoms with van der Waals surface area (Å²) in [4.78, 5) is 13.8. The van der Waals surface area contributed by atoms with Crippen LogP contribution in [0.5, 0.6) is 0 Å². The Morgan fingerprint density at radius 3 is 2.48 bits per heavy atom. The van der Waals surface area contributed by atoms with Crippen molar-refractivity contribution in [2.75, 3.05) is 13.1 Å². The zero-order valence-corrected chi connectivity index (χ0v) is 12.9. The van der Waals surface area contributed by atoms with Crippen LogP contribution in [0.1, 0.15) is 30.1 Å². The number of para-hydroxylation sites is 1. The fourth-order valence-electron chi connectivity index (χ4n) is 3.30. The summed E-state index contributed by atoms with van der Waals surface area (Å²) in [5.74, 6) is -1.25. The molecule has 23 heavy (non-hydrogen) atoms. The number of nitrogens with zero attached hydrogens (tertiary/aromatic N) is 2. The summed E-state index contributed by atoms with van der Waals surface area (Å²) in [6.07, 6.45) is -1.98. The van der Waals surface area contributed by atoms with Crippen LogP contribution >= 0.6 is 0 Å². The molecular formula is C17H19F3N2O. The van der Waals surface area contributed by atoms with Crippen LogP contribution in [0.3, 0.4) is 0 Å². The molecule has 0 spiro atoms. The molecule has 0 N–H and O–H groups in total. The van der Waals surface area contributed by atoms with E-state index < -0.39 is 12.1 Å². The quantitative estimate of drug-likeness (QED) is 0.832. The Hall–Kier alpha value is -1.82. The monoisotopic (exact) mass is 324 g/mol. The van der Waals surface area contributed by atoms with Gasteiger partial charge in [0.25, 0.3) is 0 Å². The first-order chi connectivity index (χ1) is 10.9. The average molecular weight is 324 g/mol. The third-order valence-corrected chi connectivity index (χ3v) is 4.58. The van der Waals surface area contributed by atoms with E-state index in [1.54, 1.807) is 4.57 Å². The summed E-state index contributed by atoms with van der Waals surface area (Å²) in [6.45, 7) is 2.95. The third-order valence-electron chi connectivity index (χ3n) is 4.58. The van der Waals surface area contributed by atoms with Crippen molar-refractivity contribution in [2.45, 2.75) is 32.5 Å². The second kappa shape index (κ2) is 6.00. The van der Waals surface area contributed by atoms with Crippen LogP contribution in [0.2, 0.25) is 0 Å². The normalized spacial score (nSPS) is 17.7. The molecule has 1 fully saturated rings. The van der Waals surface area contributed by atoms with E-state index in [-0.39, 0.29) is 18.7 Å². The summed E-state index contributed by atoms with van der Waals surface area (Å²) in [5.41, 5.74) is 1.83. The van der Waals surface area contributed by atoms with E-state index >= 15 is 0 Å². The van der Waals surface area contributed by atoms with E-state index in [0.717, 1.165) is 16.5 Å². The smallest absolute Gasteiger partial charge is 0.299 e. The molecule has 3 rings (SSSR count). The van der Waals surface area contributed by atoms with Crippen LogP contribution in [0.25, 0.3) is 10.9 Å². The van der Waals surface area contributed by atoms with Gasteiger partial charge in [-0.05, 0) is 37.6 Å². The van der Waals surface area contributed by atoms with E-state index in [2.05, 4.69) is 0 Å². The highest BCUT2D eigenvalue weighted by molar-refractivity contribution is 5.93. The minimum absolute atomic E-state index is 0.0665. The molecule has 124 valence electrons. The van der Waals surface area contributed by atoms with Crippen LogP contribution < -0.4 is 0 Å². The highest BCUT2D eigenvalue weighted by Gasteiger charge is 2.41. The number of likely N-dealkylation sites (tertiary alicyclic amines) is 1. The first-order valence-electron chi connectivity index (χ1n) is 7.75. The van der Waals surface area contributed by atoms with E-state index in [4.69, 9.17) is 0 Å². The van der Waals surface area contributed by atoms with Gasteiger partial charge in [-0.15, -0.1) is 0 Å². The zero-order valence-electron chi connectivity index (χ0n) is 12.9. The lowest BCUT2D eigenvalue weighted by Gasteiger charge is -2.32. The number of alkyl halides is 3. The first kappa shape index (κ1) is 16.1. The predicted molar refractivity (Wildman–Crippen MR) is 82.3 cm³/mol. The number of piperidine rings is 1. The number of carbonyl (C=O) groups excluding carboxylic acids is 1. The second-order valence-electron chi connectivity index (χ2n) is 6.15. The Balaban J connectivity index is 1.77. The highest BCUT2D eigenvalue weighted by Crippen LogP contribution is 2.34. The Morgan fingerprint density at radius 1 is 1.22 bits per heavy atom. The second-order valence-corrected chi connectivity index (χ2v) is 6.15. The lowest BCUT2D eigenvalue weighted by atomic mass is 9.96. The Morgan fingerprint density at radius 2 is 1.87 bits per heavy atom. The number of halogens is 3. The molecule has 6 heteroatoms. The van der Waals surface area contributed by atoms with Gasteiger partial charge in [0.05, 0.1) is 11.4 Å². The first-order valence-corrected chi connectivity index (χ1v) is 7.75. The molecule has 0 amide bonds. The minimum atomic E-state index is -4.09. The third kappa shape index (κ3) is 3.27. The fraction of sp³-hybridized carbons (Fsp3) is 0.471. The van der Waals surface area contributed by atoms with E-state index in [0.29, 0.717) is 19.6 Å². The van der Waals surface area contributed by atoms with E-state index in [1.165, 1.54) is 6.92 Å². The average Bonchev–Trinajstić information content (AvgIpc) is 2.86. The van der Waals surface area contributed by atoms with E-state index in [1.807, 2.05) is 35.4 Å². The summed E-state index contributed by atoms with van der Waals surface area (Å²) in [6, 6.07) is 7.62. The molecule has 1 aliphatic heterocycles. The molecule has 0 unspecified atom stereocenters. The molecule has 1 aromatic carbocycles. The van der Waals surface area contributed by atoms with Crippen molar-refractivity contribution >= 4 is 16.8 Å². The van der Waals surface area contributed by atoms with Crippen molar-refractivity contribution in [3.63, 3.8) is 0 Å². The van der Waals surface area contributed by atoms with Crippen molar-refractivity contribution in [1.82, 2.24) is 9.47 Å². The van der Waals surface area contributed by atoms with Gasteiger partial charge in [-0.3, -0.25) is 14.3 Å². The molecule has 1 saturated heterocycles. The van der Waals surface area contributed by atoms with Crippen LogP contribution in [0.4, 0.5) is 13.2 Å². The van der Waals surface area contributed by atoms with Gasteiger partial charge in [-0.1, -0.05) is 18.2 Å². The summed E-state index contributed by atoms with van der Waals surface area (Å²) >= 11 is 0. The van der Waals surface area contributed by atoms with Gasteiger partial charge in [0.2, 0.25) is 5.91 Å². The topological polar surface area (TPSA) is 25.2 Å². The Labute approximate surface area is 132 Å². The minimum Gasteiger partial charge on any atom is -0.299 e. The maximum atomic E-state index is 12.7. The number of aromatic nitrogens is 1. The van der Waals surface area contributed by atoms with Crippen LogP contribution in [0.15, 0.2) is 30.5 Å². The fourth-order valence-corrected chi connectivity index (χ4v) is 3.30. The standard InChI is InChI=1S/C17H19F3N2O/c1-12(23)22-11-13(15-4-2-3-5-16(15)22)10-21-8-6-14(7-9-21)17(18,19)20/h2-5,11,14H,6-10H2,1H3. The molecule has 0 radical (unpaired) electrons. The Bertz CT molecular complexity index is 712. The molecule has 0 saturated carbocycles. The molecule has 0 atom stereocenters. The van der Waals surface area contributed by atoms with Gasteiger partial charge < -0.3 is 0 Å². The molecule has 0 bridgehead atoms. The Kier molecular flexibility index (Phi) is 4.19. The SMILES string of the molecule is CC(=O)n1cc(CN2CCC(C(F)(F)F)CC2)c2ccccc21. The largest absolute Gasteiger partial charge is 0.391 e. The molecule has 3 nitrogen and oxygen atoms in total. The van der Waals surface area contributed by atoms with E-state index in [9.17, 15) is 18.0 Å². The van der Waals surface area contributed by atoms with Gasteiger partial charge in [0.1, 0.15) is 0 Å². The summed E-state index contributed by atoms with van der Waals surface area (Å²) in [7, 11) is 0. The number of benzene rings is 1. The van der Waals surface area contributed by atoms with Crippen molar-refractivity contribution in [3.8, 4) is 0 Å². The van der Waals surface area contributed by atoms with Crippen molar-refractivity contribution in [2.24, 2.45) is 5.92 Å². The predicted octanol–water partition coefficient (Wildman–Crippen LogP) is 4.08. The van der Waals surface area contributed by atoms with Gasteiger partial charge in [-0.25, -0.2) is 0 Å². The lowest BCUT2D eigenvalue weighted by Crippen LogP contribution is -2.38. The lowest BCUT2D eigenvalue weighted by molar-refractivity contribution is -0.185. The number of carbonyl (C=O) groups is 1. The maximum absolute atomic E-state index is 12.7. The zero-order chi connectivity index (χ0) is 16.6. The van der Waals surface area contributed by atoms with Gasteiger partial charge >= 0.3 is 6.18 Å². The molecule has 1 aromatic heterocycles.